The summed E-state index contributed by atoms with van der Waals surface area (Å²) in [7, 11) is 1.29. The van der Waals surface area contributed by atoms with Gasteiger partial charge < -0.3 is 0 Å². The van der Waals surface area contributed by atoms with E-state index in [1.165, 1.54) is 8.95 Å². The minimum atomic E-state index is 0.996. The third-order valence-corrected chi connectivity index (χ3v) is 1.06. The van der Waals surface area contributed by atoms with Crippen molar-refractivity contribution < 1.29 is 0 Å². The van der Waals surface area contributed by atoms with Gasteiger partial charge in [-0.25, -0.2) is 0 Å². The maximum atomic E-state index is 7.62. The Bertz CT molecular complexity index is 37.8. The Morgan fingerprint density at radius 3 is 2.25 bits per heavy atom. The van der Waals surface area contributed by atoms with Gasteiger partial charge in [0.1, 0.15) is 0 Å². The molecule has 0 amide bonds. The van der Waals surface area contributed by atoms with Crippen molar-refractivity contribution in [2.24, 2.45) is 0 Å². The molecule has 0 unspecified atom stereocenters. The summed E-state index contributed by atoms with van der Waals surface area (Å²) in [5.74, 6) is 0. The summed E-state index contributed by atoms with van der Waals surface area (Å²) in [5.41, 5.74) is 0. The fraction of sp³-hybridized carbons (Fsp3) is 0. The van der Waals surface area contributed by atoms with Gasteiger partial charge in [-0.2, -0.15) is 0 Å². The fourth-order valence-corrected chi connectivity index (χ4v) is 0. The molecule has 0 aliphatic carbocycles. The van der Waals surface area contributed by atoms with Crippen LogP contribution in [-0.2, 0) is 0 Å². The minimum absolute atomic E-state index is 0.996. The monoisotopic (exact) mass is 179 g/mol. The van der Waals surface area contributed by atoms with E-state index in [2.05, 4.69) is 0 Å². The molecule has 0 N–H and O–H groups in total. The molecule has 0 saturated carbocycles. The molecular weight excluding hydrogens is 177 g/mol. The van der Waals surface area contributed by atoms with Crippen molar-refractivity contribution in [3.63, 3.8) is 0 Å². The van der Waals surface area contributed by atoms with Crippen LogP contribution in [0.5, 0.6) is 0 Å². The molecule has 20 valence electrons. The van der Waals surface area contributed by atoms with Gasteiger partial charge in [0.05, 0.1) is 0 Å². The predicted octanol–water partition coefficient (Wildman–Crippen LogP) is 0.0165. The molecule has 4 heavy (non-hydrogen) atoms. The summed E-state index contributed by atoms with van der Waals surface area (Å²) in [6.07, 6.45) is 0. The van der Waals surface area contributed by atoms with E-state index in [-0.39, 0.29) is 0 Å². The van der Waals surface area contributed by atoms with Gasteiger partial charge in [0.15, 0.2) is 0 Å². The maximum absolute atomic E-state index is 7.62. The van der Waals surface area contributed by atoms with Crippen molar-refractivity contribution in [3.8, 4) is 5.40 Å². The molecule has 2 radical (unpaired) electrons. The van der Waals surface area contributed by atoms with Crippen molar-refractivity contribution in [2.75, 3.05) is 0 Å². The van der Waals surface area contributed by atoms with Crippen LogP contribution in [0.4, 0.5) is 0 Å². The van der Waals surface area contributed by atoms with Crippen LogP contribution in [0.1, 0.15) is 0 Å². The Morgan fingerprint density at radius 1 is 2.00 bits per heavy atom. The Morgan fingerprint density at radius 2 is 2.25 bits per heavy atom. The average molecular weight is 178 g/mol. The molecule has 0 aliphatic rings. The number of hydrogen-bond donors (Lipinski definition) is 0. The van der Waals surface area contributed by atoms with Crippen molar-refractivity contribution in [1.82, 2.24) is 0 Å². The molecule has 0 aromatic rings. The van der Waals surface area contributed by atoms with Crippen LogP contribution >= 0.6 is 8.95 Å². The van der Waals surface area contributed by atoms with Gasteiger partial charge in [-0.05, 0) is 0 Å². The fourth-order valence-electron chi connectivity index (χ4n) is 0. The number of thiocyanates is 1. The number of rotatable bonds is 0. The molecule has 0 aromatic heterocycles. The molecule has 0 spiro atoms. The van der Waals surface area contributed by atoms with E-state index >= 15 is 0 Å². The number of nitriles is 1. The van der Waals surface area contributed by atoms with E-state index in [1.54, 1.807) is 0 Å². The normalized spacial score (nSPS) is 5.00. The SMILES string of the molecule is N#C[S][SnH]. The molecule has 3 heteroatoms. The standard InChI is InChI=1S/CHNS.Sn.H/c2-1-3;;/h3H;;/q;+1;/p-1. The van der Waals surface area contributed by atoms with Crippen molar-refractivity contribution in [1.29, 1.82) is 5.26 Å². The topological polar surface area (TPSA) is 23.8 Å². The van der Waals surface area contributed by atoms with Crippen LogP contribution in [0.3, 0.4) is 0 Å². The van der Waals surface area contributed by atoms with E-state index in [0.717, 1.165) is 21.1 Å². The molecular formula is CHNSSn. The molecule has 0 saturated heterocycles. The second-order valence-electron chi connectivity index (χ2n) is 0.209. The molecule has 0 fully saturated rings. The second kappa shape index (κ2) is 3.64. The molecule has 1 nitrogen and oxygen atoms in total. The predicted molar refractivity (Wildman–Crippen MR) is 20.4 cm³/mol. The summed E-state index contributed by atoms with van der Waals surface area (Å²) >= 11 is 0.996. The molecule has 0 heterocycles. The van der Waals surface area contributed by atoms with Gasteiger partial charge >= 0.3 is 40.8 Å². The molecule has 0 bridgehead atoms. The van der Waals surface area contributed by atoms with Gasteiger partial charge in [-0.1, -0.05) is 0 Å². The van der Waals surface area contributed by atoms with Crippen molar-refractivity contribution in [2.45, 2.75) is 0 Å². The third-order valence-electron chi connectivity index (χ3n) is 0.0527. The average Bonchev–Trinajstić information content (AvgIpc) is 1.37. The summed E-state index contributed by atoms with van der Waals surface area (Å²) < 4.78 is 0. The Hall–Kier alpha value is 0.639. The molecule has 0 rings (SSSR count). The van der Waals surface area contributed by atoms with E-state index in [4.69, 9.17) is 5.26 Å². The van der Waals surface area contributed by atoms with E-state index in [9.17, 15) is 0 Å². The summed E-state index contributed by atoms with van der Waals surface area (Å²) in [6, 6.07) is 0. The van der Waals surface area contributed by atoms with Gasteiger partial charge in [-0.3, -0.25) is 0 Å². The summed E-state index contributed by atoms with van der Waals surface area (Å²) in [5, 5.41) is 9.53. The first-order chi connectivity index (χ1) is 1.91. The Balaban J connectivity index is 2.43. The third kappa shape index (κ3) is 2.64. The zero-order chi connectivity index (χ0) is 3.41. The molecule has 0 aliphatic heterocycles. The first-order valence-corrected chi connectivity index (χ1v) is 5.58. The number of hydrogen-bond acceptors (Lipinski definition) is 2. The van der Waals surface area contributed by atoms with E-state index < -0.39 is 0 Å². The van der Waals surface area contributed by atoms with Crippen LogP contribution in [0.15, 0.2) is 0 Å². The van der Waals surface area contributed by atoms with Crippen LogP contribution < -0.4 is 0 Å². The van der Waals surface area contributed by atoms with E-state index in [1.807, 2.05) is 5.40 Å². The zero-order valence-electron chi connectivity index (χ0n) is 1.93. The van der Waals surface area contributed by atoms with Gasteiger partial charge in [0.2, 0.25) is 0 Å². The van der Waals surface area contributed by atoms with Crippen LogP contribution in [0, 0.1) is 10.7 Å². The van der Waals surface area contributed by atoms with Gasteiger partial charge in [0, 0.05) is 0 Å². The Labute approximate surface area is 40.9 Å². The number of nitrogens with zero attached hydrogens (tertiary/aromatic N) is 1. The van der Waals surface area contributed by atoms with E-state index in [0.29, 0.717) is 0 Å². The van der Waals surface area contributed by atoms with Crippen molar-refractivity contribution >= 4 is 30.1 Å². The first kappa shape index (κ1) is 4.64. The summed E-state index contributed by atoms with van der Waals surface area (Å²) in [4.78, 5) is 0. The molecule has 0 aromatic carbocycles. The van der Waals surface area contributed by atoms with Crippen LogP contribution in [0.2, 0.25) is 0 Å². The molecule has 0 atom stereocenters. The summed E-state index contributed by atoms with van der Waals surface area (Å²) in [6.45, 7) is 0. The van der Waals surface area contributed by atoms with Crippen LogP contribution in [0.25, 0.3) is 0 Å². The quantitative estimate of drug-likeness (QED) is 0.385. The Kier molecular flexibility index (Phi) is 4.22. The zero-order valence-corrected chi connectivity index (χ0v) is 6.04. The van der Waals surface area contributed by atoms with Gasteiger partial charge in [0.25, 0.3) is 0 Å². The van der Waals surface area contributed by atoms with Gasteiger partial charge in [-0.15, -0.1) is 0 Å². The first-order valence-electron chi connectivity index (χ1n) is 0.663. The van der Waals surface area contributed by atoms with Crippen LogP contribution in [-0.4, -0.2) is 21.1 Å². The van der Waals surface area contributed by atoms with Crippen molar-refractivity contribution in [3.05, 3.63) is 0 Å². The second-order valence-corrected chi connectivity index (χ2v) is 2.65.